The summed E-state index contributed by atoms with van der Waals surface area (Å²) in [5, 5.41) is 6.39. The average molecular weight is 231 g/mol. The number of hydrogen-bond acceptors (Lipinski definition) is 3. The molecule has 0 radical (unpaired) electrons. The van der Waals surface area contributed by atoms with Gasteiger partial charge in [0.1, 0.15) is 0 Å². The Hall–Kier alpha value is -1.42. The number of fused-ring (bicyclic) bond motifs is 1. The first kappa shape index (κ1) is 10.7. The van der Waals surface area contributed by atoms with E-state index in [0.717, 1.165) is 30.8 Å². The average Bonchev–Trinajstić information content (AvgIpc) is 3.10. The predicted octanol–water partition coefficient (Wildman–Crippen LogP) is 1.33. The minimum atomic E-state index is 0.157. The molecule has 0 bridgehead atoms. The highest BCUT2D eigenvalue weighted by Crippen LogP contribution is 2.42. The molecule has 1 saturated carbocycles. The molecule has 3 atom stereocenters. The van der Waals surface area contributed by atoms with Crippen LogP contribution in [0, 0.1) is 18.8 Å². The van der Waals surface area contributed by atoms with Crippen LogP contribution in [0.4, 0.5) is 5.69 Å². The summed E-state index contributed by atoms with van der Waals surface area (Å²) in [6, 6.07) is 4.42. The first-order valence-corrected chi connectivity index (χ1v) is 6.21. The Labute approximate surface area is 101 Å². The van der Waals surface area contributed by atoms with Crippen molar-refractivity contribution in [1.29, 1.82) is 0 Å². The van der Waals surface area contributed by atoms with Gasteiger partial charge in [-0.2, -0.15) is 0 Å². The summed E-state index contributed by atoms with van der Waals surface area (Å²) in [5.74, 6) is 0.898. The molecule has 17 heavy (non-hydrogen) atoms. The largest absolute Gasteiger partial charge is 0.324 e. The van der Waals surface area contributed by atoms with Crippen LogP contribution in [0.25, 0.3) is 0 Å². The molecule has 0 aromatic carbocycles. The standard InChI is InChI=1S/C13H17N3O/c1-8-2-3-9(7-15-8)16-13(17)10-4-5-14-12-6-11(10)12/h2-3,7,10-12,14H,4-6H2,1H3,(H,16,17)/t10-,11-,12-/m1/s1. The molecule has 1 amide bonds. The molecule has 1 aromatic heterocycles. The minimum Gasteiger partial charge on any atom is -0.324 e. The number of hydrogen-bond donors (Lipinski definition) is 2. The summed E-state index contributed by atoms with van der Waals surface area (Å²) in [4.78, 5) is 16.3. The molecule has 2 fully saturated rings. The Balaban J connectivity index is 1.65. The van der Waals surface area contributed by atoms with Crippen LogP contribution >= 0.6 is 0 Å². The maximum absolute atomic E-state index is 12.1. The van der Waals surface area contributed by atoms with Crippen molar-refractivity contribution in [2.24, 2.45) is 11.8 Å². The molecular weight excluding hydrogens is 214 g/mol. The van der Waals surface area contributed by atoms with E-state index in [-0.39, 0.29) is 11.8 Å². The fourth-order valence-electron chi connectivity index (χ4n) is 2.63. The number of pyridine rings is 1. The van der Waals surface area contributed by atoms with E-state index >= 15 is 0 Å². The van der Waals surface area contributed by atoms with Crippen molar-refractivity contribution in [3.05, 3.63) is 24.0 Å². The van der Waals surface area contributed by atoms with Gasteiger partial charge in [0.2, 0.25) is 5.91 Å². The van der Waals surface area contributed by atoms with E-state index in [9.17, 15) is 4.79 Å². The fraction of sp³-hybridized carbons (Fsp3) is 0.538. The van der Waals surface area contributed by atoms with Crippen LogP contribution in [0.1, 0.15) is 18.5 Å². The molecule has 90 valence electrons. The van der Waals surface area contributed by atoms with E-state index in [1.54, 1.807) is 6.20 Å². The maximum Gasteiger partial charge on any atom is 0.227 e. The molecule has 0 unspecified atom stereocenters. The van der Waals surface area contributed by atoms with Crippen molar-refractivity contribution in [1.82, 2.24) is 10.3 Å². The minimum absolute atomic E-state index is 0.157. The van der Waals surface area contributed by atoms with Crippen molar-refractivity contribution in [3.8, 4) is 0 Å². The van der Waals surface area contributed by atoms with E-state index in [1.807, 2.05) is 19.1 Å². The summed E-state index contributed by atoms with van der Waals surface area (Å²) < 4.78 is 0. The van der Waals surface area contributed by atoms with Gasteiger partial charge in [-0.15, -0.1) is 0 Å². The molecular formula is C13H17N3O. The quantitative estimate of drug-likeness (QED) is 0.807. The Morgan fingerprint density at radius 1 is 1.53 bits per heavy atom. The molecule has 1 aromatic rings. The molecule has 4 nitrogen and oxygen atoms in total. The van der Waals surface area contributed by atoms with E-state index < -0.39 is 0 Å². The van der Waals surface area contributed by atoms with Gasteiger partial charge in [0.15, 0.2) is 0 Å². The van der Waals surface area contributed by atoms with E-state index in [4.69, 9.17) is 0 Å². The lowest BCUT2D eigenvalue weighted by Gasteiger charge is -2.21. The SMILES string of the molecule is Cc1ccc(NC(=O)[C@@H]2CCN[C@@H]3C[C@@H]32)cn1. The van der Waals surface area contributed by atoms with Gasteiger partial charge >= 0.3 is 0 Å². The summed E-state index contributed by atoms with van der Waals surface area (Å²) in [6.07, 6.45) is 3.83. The second-order valence-corrected chi connectivity index (χ2v) is 5.03. The maximum atomic E-state index is 12.1. The number of nitrogens with one attached hydrogen (secondary N) is 2. The molecule has 3 rings (SSSR count). The van der Waals surface area contributed by atoms with Crippen molar-refractivity contribution >= 4 is 11.6 Å². The predicted molar refractivity (Wildman–Crippen MR) is 65.6 cm³/mol. The highest BCUT2D eigenvalue weighted by Gasteiger charge is 2.48. The van der Waals surface area contributed by atoms with Crippen LogP contribution in [0.5, 0.6) is 0 Å². The van der Waals surface area contributed by atoms with Gasteiger partial charge in [0.05, 0.1) is 11.9 Å². The number of aryl methyl sites for hydroxylation is 1. The number of rotatable bonds is 2. The topological polar surface area (TPSA) is 54.0 Å². The van der Waals surface area contributed by atoms with Crippen LogP contribution in [0.15, 0.2) is 18.3 Å². The lowest BCUT2D eigenvalue weighted by atomic mass is 9.95. The van der Waals surface area contributed by atoms with Crippen LogP contribution in [-0.2, 0) is 4.79 Å². The van der Waals surface area contributed by atoms with Crippen molar-refractivity contribution in [2.75, 3.05) is 11.9 Å². The van der Waals surface area contributed by atoms with Crippen LogP contribution in [0.3, 0.4) is 0 Å². The molecule has 2 heterocycles. The number of anilines is 1. The lowest BCUT2D eigenvalue weighted by molar-refractivity contribution is -0.121. The third kappa shape index (κ3) is 2.17. The Morgan fingerprint density at radius 2 is 2.41 bits per heavy atom. The zero-order chi connectivity index (χ0) is 11.8. The number of carbonyl (C=O) groups is 1. The van der Waals surface area contributed by atoms with Gasteiger partial charge in [-0.3, -0.25) is 9.78 Å². The highest BCUT2D eigenvalue weighted by molar-refractivity contribution is 5.93. The van der Waals surface area contributed by atoms with Crippen molar-refractivity contribution in [2.45, 2.75) is 25.8 Å². The summed E-state index contributed by atoms with van der Waals surface area (Å²) >= 11 is 0. The summed E-state index contributed by atoms with van der Waals surface area (Å²) in [6.45, 7) is 2.90. The third-order valence-corrected chi connectivity index (χ3v) is 3.73. The second-order valence-electron chi connectivity index (χ2n) is 5.03. The van der Waals surface area contributed by atoms with Gasteiger partial charge < -0.3 is 10.6 Å². The monoisotopic (exact) mass is 231 g/mol. The molecule has 1 saturated heterocycles. The number of carbonyl (C=O) groups excluding carboxylic acids is 1. The Kier molecular flexibility index (Phi) is 2.59. The van der Waals surface area contributed by atoms with E-state index in [1.165, 1.54) is 0 Å². The number of piperidine rings is 1. The molecule has 1 aliphatic heterocycles. The van der Waals surface area contributed by atoms with Crippen LogP contribution in [-0.4, -0.2) is 23.5 Å². The zero-order valence-electron chi connectivity index (χ0n) is 9.94. The molecule has 1 aliphatic carbocycles. The van der Waals surface area contributed by atoms with Gasteiger partial charge in [-0.1, -0.05) is 0 Å². The number of nitrogens with zero attached hydrogens (tertiary/aromatic N) is 1. The second kappa shape index (κ2) is 4.11. The number of amides is 1. The van der Waals surface area contributed by atoms with Crippen LogP contribution in [0.2, 0.25) is 0 Å². The first-order valence-electron chi connectivity index (χ1n) is 6.21. The van der Waals surface area contributed by atoms with Gasteiger partial charge in [0.25, 0.3) is 0 Å². The number of aromatic nitrogens is 1. The Morgan fingerprint density at radius 3 is 3.18 bits per heavy atom. The smallest absolute Gasteiger partial charge is 0.227 e. The van der Waals surface area contributed by atoms with Crippen molar-refractivity contribution in [3.63, 3.8) is 0 Å². The lowest BCUT2D eigenvalue weighted by Crippen LogP contribution is -2.36. The molecule has 0 spiro atoms. The first-order chi connectivity index (χ1) is 8.24. The van der Waals surface area contributed by atoms with Gasteiger partial charge in [-0.25, -0.2) is 0 Å². The Bertz CT molecular complexity index is 429. The van der Waals surface area contributed by atoms with Gasteiger partial charge in [0, 0.05) is 17.7 Å². The summed E-state index contributed by atoms with van der Waals surface area (Å²) in [5.41, 5.74) is 1.77. The zero-order valence-corrected chi connectivity index (χ0v) is 9.94. The third-order valence-electron chi connectivity index (χ3n) is 3.73. The van der Waals surface area contributed by atoms with Crippen molar-refractivity contribution < 1.29 is 4.79 Å². The van der Waals surface area contributed by atoms with Crippen LogP contribution < -0.4 is 10.6 Å². The summed E-state index contributed by atoms with van der Waals surface area (Å²) in [7, 11) is 0. The highest BCUT2D eigenvalue weighted by atomic mass is 16.1. The normalized spacial score (nSPS) is 30.5. The van der Waals surface area contributed by atoms with E-state index in [0.29, 0.717) is 12.0 Å². The molecule has 4 heteroatoms. The molecule has 2 N–H and O–H groups in total. The van der Waals surface area contributed by atoms with Gasteiger partial charge in [-0.05, 0) is 44.4 Å². The fourth-order valence-corrected chi connectivity index (χ4v) is 2.63. The van der Waals surface area contributed by atoms with E-state index in [2.05, 4.69) is 15.6 Å². The molecule has 2 aliphatic rings.